The van der Waals surface area contributed by atoms with Gasteiger partial charge < -0.3 is 5.73 Å². The maximum absolute atomic E-state index is 13.3. The molecule has 1 aromatic heterocycles. The molecule has 0 saturated carbocycles. The summed E-state index contributed by atoms with van der Waals surface area (Å²) < 4.78 is 14.1. The maximum atomic E-state index is 13.3. The van der Waals surface area contributed by atoms with Gasteiger partial charge in [-0.1, -0.05) is 12.1 Å². The van der Waals surface area contributed by atoms with E-state index in [2.05, 4.69) is 0 Å². The van der Waals surface area contributed by atoms with E-state index in [0.717, 1.165) is 22.1 Å². The van der Waals surface area contributed by atoms with E-state index in [1.807, 2.05) is 18.4 Å². The lowest BCUT2D eigenvalue weighted by Crippen LogP contribution is -2.17. The van der Waals surface area contributed by atoms with Crippen LogP contribution in [-0.4, -0.2) is 6.04 Å². The smallest absolute Gasteiger partial charge is 0.140 e. The Morgan fingerprint density at radius 3 is 3.00 bits per heavy atom. The Morgan fingerprint density at radius 1 is 1.50 bits per heavy atom. The minimum absolute atomic E-state index is 0.121. The molecule has 0 aliphatic carbocycles. The summed E-state index contributed by atoms with van der Waals surface area (Å²) in [7, 11) is 0. The van der Waals surface area contributed by atoms with Gasteiger partial charge in [0.15, 0.2) is 0 Å². The SMILES string of the molecule is CC(N)Cc1csc2c(F)cccc12. The van der Waals surface area contributed by atoms with Crippen molar-refractivity contribution in [2.45, 2.75) is 19.4 Å². The summed E-state index contributed by atoms with van der Waals surface area (Å²) in [5, 5.41) is 3.00. The zero-order chi connectivity index (χ0) is 10.1. The normalized spacial score (nSPS) is 13.4. The molecule has 74 valence electrons. The monoisotopic (exact) mass is 209 g/mol. The molecule has 0 bridgehead atoms. The third kappa shape index (κ3) is 1.65. The molecule has 1 atom stereocenters. The quantitative estimate of drug-likeness (QED) is 0.808. The fraction of sp³-hybridized carbons (Fsp3) is 0.273. The highest BCUT2D eigenvalue weighted by Crippen LogP contribution is 2.28. The topological polar surface area (TPSA) is 26.0 Å². The molecule has 2 N–H and O–H groups in total. The number of hydrogen-bond acceptors (Lipinski definition) is 2. The number of hydrogen-bond donors (Lipinski definition) is 1. The first kappa shape index (κ1) is 9.62. The van der Waals surface area contributed by atoms with E-state index >= 15 is 0 Å². The number of halogens is 1. The molecule has 0 aliphatic rings. The van der Waals surface area contributed by atoms with Crippen LogP contribution in [0.5, 0.6) is 0 Å². The predicted octanol–water partition coefficient (Wildman–Crippen LogP) is 2.93. The average molecular weight is 209 g/mol. The Labute approximate surface area is 86.4 Å². The van der Waals surface area contributed by atoms with Crippen LogP contribution in [0.25, 0.3) is 10.1 Å². The van der Waals surface area contributed by atoms with Gasteiger partial charge in [0.05, 0.1) is 4.70 Å². The summed E-state index contributed by atoms with van der Waals surface area (Å²) >= 11 is 1.45. The number of nitrogens with two attached hydrogens (primary N) is 1. The van der Waals surface area contributed by atoms with Crippen LogP contribution in [0.1, 0.15) is 12.5 Å². The van der Waals surface area contributed by atoms with Crippen LogP contribution in [0.2, 0.25) is 0 Å². The van der Waals surface area contributed by atoms with Crippen LogP contribution >= 0.6 is 11.3 Å². The molecule has 1 unspecified atom stereocenters. The molecule has 2 aromatic rings. The summed E-state index contributed by atoms with van der Waals surface area (Å²) in [5.74, 6) is -0.136. The molecule has 0 radical (unpaired) electrons. The van der Waals surface area contributed by atoms with Crippen LogP contribution in [0.4, 0.5) is 4.39 Å². The second-order valence-corrected chi connectivity index (χ2v) is 4.44. The first-order valence-corrected chi connectivity index (χ1v) is 5.46. The van der Waals surface area contributed by atoms with Gasteiger partial charge in [0.2, 0.25) is 0 Å². The maximum Gasteiger partial charge on any atom is 0.140 e. The molecule has 0 saturated heterocycles. The molecule has 0 fully saturated rings. The first-order valence-electron chi connectivity index (χ1n) is 4.58. The van der Waals surface area contributed by atoms with Crippen LogP contribution in [-0.2, 0) is 6.42 Å². The lowest BCUT2D eigenvalue weighted by Gasteiger charge is -2.02. The predicted molar refractivity (Wildman–Crippen MR) is 59.1 cm³/mol. The summed E-state index contributed by atoms with van der Waals surface area (Å²) in [5.41, 5.74) is 6.88. The van der Waals surface area contributed by atoms with Gasteiger partial charge in [-0.2, -0.15) is 0 Å². The molecular weight excluding hydrogens is 197 g/mol. The highest BCUT2D eigenvalue weighted by molar-refractivity contribution is 7.17. The number of benzene rings is 1. The van der Waals surface area contributed by atoms with Gasteiger partial charge in [0.25, 0.3) is 0 Å². The number of thiophene rings is 1. The summed E-state index contributed by atoms with van der Waals surface area (Å²) in [6, 6.07) is 5.31. The highest BCUT2D eigenvalue weighted by atomic mass is 32.1. The van der Waals surface area contributed by atoms with Gasteiger partial charge >= 0.3 is 0 Å². The van der Waals surface area contributed by atoms with E-state index in [0.29, 0.717) is 0 Å². The molecule has 2 rings (SSSR count). The standard InChI is InChI=1S/C11H12FNS/c1-7(13)5-8-6-14-11-9(8)3-2-4-10(11)12/h2-4,6-7H,5,13H2,1H3. The molecule has 1 heterocycles. The lowest BCUT2D eigenvalue weighted by molar-refractivity contribution is 0.641. The third-order valence-corrected chi connectivity index (χ3v) is 3.23. The van der Waals surface area contributed by atoms with Crippen molar-refractivity contribution in [1.82, 2.24) is 0 Å². The highest BCUT2D eigenvalue weighted by Gasteiger charge is 2.08. The van der Waals surface area contributed by atoms with Gasteiger partial charge in [0, 0.05) is 6.04 Å². The van der Waals surface area contributed by atoms with E-state index in [9.17, 15) is 4.39 Å². The Morgan fingerprint density at radius 2 is 2.29 bits per heavy atom. The molecule has 1 aromatic carbocycles. The van der Waals surface area contributed by atoms with E-state index in [1.54, 1.807) is 6.07 Å². The van der Waals surface area contributed by atoms with Gasteiger partial charge in [-0.15, -0.1) is 11.3 Å². The van der Waals surface area contributed by atoms with Gasteiger partial charge in [-0.05, 0) is 35.7 Å². The largest absolute Gasteiger partial charge is 0.328 e. The van der Waals surface area contributed by atoms with Crippen molar-refractivity contribution in [3.63, 3.8) is 0 Å². The van der Waals surface area contributed by atoms with Crippen LogP contribution in [0, 0.1) is 5.82 Å². The van der Waals surface area contributed by atoms with Crippen molar-refractivity contribution in [3.8, 4) is 0 Å². The second kappa shape index (κ2) is 3.67. The first-order chi connectivity index (χ1) is 6.68. The fourth-order valence-corrected chi connectivity index (χ4v) is 2.57. The average Bonchev–Trinajstić information content (AvgIpc) is 2.49. The number of fused-ring (bicyclic) bond motifs is 1. The van der Waals surface area contributed by atoms with Crippen LogP contribution in [0.3, 0.4) is 0 Å². The molecule has 14 heavy (non-hydrogen) atoms. The molecule has 0 amide bonds. The molecule has 3 heteroatoms. The van der Waals surface area contributed by atoms with Gasteiger partial charge in [0.1, 0.15) is 5.82 Å². The lowest BCUT2D eigenvalue weighted by atomic mass is 10.1. The second-order valence-electron chi connectivity index (χ2n) is 3.56. The molecule has 0 spiro atoms. The zero-order valence-electron chi connectivity index (χ0n) is 7.96. The summed E-state index contributed by atoms with van der Waals surface area (Å²) in [6.07, 6.45) is 0.809. The van der Waals surface area contributed by atoms with E-state index in [4.69, 9.17) is 5.73 Å². The molecule has 0 aliphatic heterocycles. The van der Waals surface area contributed by atoms with Crippen LogP contribution < -0.4 is 5.73 Å². The summed E-state index contributed by atoms with van der Waals surface area (Å²) in [4.78, 5) is 0. The van der Waals surface area contributed by atoms with Crippen molar-refractivity contribution in [3.05, 3.63) is 35.0 Å². The summed E-state index contributed by atoms with van der Waals surface area (Å²) in [6.45, 7) is 1.96. The Balaban J connectivity index is 2.52. The van der Waals surface area contributed by atoms with Crippen molar-refractivity contribution in [1.29, 1.82) is 0 Å². The third-order valence-electron chi connectivity index (χ3n) is 2.17. The Bertz CT molecular complexity index is 447. The number of rotatable bonds is 2. The minimum atomic E-state index is -0.136. The van der Waals surface area contributed by atoms with Crippen molar-refractivity contribution < 1.29 is 4.39 Å². The van der Waals surface area contributed by atoms with Crippen molar-refractivity contribution in [2.24, 2.45) is 5.73 Å². The van der Waals surface area contributed by atoms with E-state index in [1.165, 1.54) is 17.4 Å². The van der Waals surface area contributed by atoms with Gasteiger partial charge in [-0.25, -0.2) is 4.39 Å². The van der Waals surface area contributed by atoms with Crippen molar-refractivity contribution >= 4 is 21.4 Å². The van der Waals surface area contributed by atoms with E-state index in [-0.39, 0.29) is 11.9 Å². The Kier molecular flexibility index (Phi) is 2.52. The fourth-order valence-electron chi connectivity index (χ4n) is 1.58. The van der Waals surface area contributed by atoms with Gasteiger partial charge in [-0.3, -0.25) is 0 Å². The minimum Gasteiger partial charge on any atom is -0.328 e. The molecule has 1 nitrogen and oxygen atoms in total. The van der Waals surface area contributed by atoms with Crippen molar-refractivity contribution in [2.75, 3.05) is 0 Å². The zero-order valence-corrected chi connectivity index (χ0v) is 8.77. The molecular formula is C11H12FNS. The van der Waals surface area contributed by atoms with Crippen LogP contribution in [0.15, 0.2) is 23.6 Å². The Hall–Kier alpha value is -0.930. The van der Waals surface area contributed by atoms with E-state index < -0.39 is 0 Å².